The van der Waals surface area contributed by atoms with Crippen molar-refractivity contribution in [3.05, 3.63) is 36.7 Å². The number of benzene rings is 1. The van der Waals surface area contributed by atoms with Gasteiger partial charge < -0.3 is 10.1 Å². The van der Waals surface area contributed by atoms with Crippen LogP contribution in [0, 0.1) is 0 Å². The van der Waals surface area contributed by atoms with Crippen LogP contribution in [0.15, 0.2) is 36.7 Å². The molecule has 5 nitrogen and oxygen atoms in total. The molecule has 1 atom stereocenters. The minimum atomic E-state index is 0.290. The first kappa shape index (κ1) is 12.6. The number of nitrogens with one attached hydrogen (secondary N) is 1. The molecule has 1 aromatic heterocycles. The van der Waals surface area contributed by atoms with E-state index >= 15 is 0 Å². The molecule has 0 radical (unpaired) electrons. The average Bonchev–Trinajstić information content (AvgIpc) is 2.91. The van der Waals surface area contributed by atoms with Crippen molar-refractivity contribution < 1.29 is 4.74 Å². The van der Waals surface area contributed by atoms with E-state index in [-0.39, 0.29) is 0 Å². The van der Waals surface area contributed by atoms with Crippen molar-refractivity contribution in [2.45, 2.75) is 19.9 Å². The topological polar surface area (TPSA) is 52.0 Å². The molecule has 0 fully saturated rings. The Balaban J connectivity index is 1.95. The normalized spacial score (nSPS) is 12.3. The van der Waals surface area contributed by atoms with Gasteiger partial charge in [0.2, 0.25) is 0 Å². The predicted octanol–water partition coefficient (Wildman–Crippen LogP) is 2.10. The van der Waals surface area contributed by atoms with E-state index in [0.717, 1.165) is 18.0 Å². The zero-order valence-electron chi connectivity index (χ0n) is 10.7. The van der Waals surface area contributed by atoms with E-state index in [0.29, 0.717) is 12.6 Å². The molecule has 0 saturated heterocycles. The smallest absolute Gasteiger partial charge is 0.0858 e. The van der Waals surface area contributed by atoms with Crippen LogP contribution in [-0.4, -0.2) is 34.2 Å². The van der Waals surface area contributed by atoms with Gasteiger partial charge in [-0.25, -0.2) is 0 Å². The van der Waals surface area contributed by atoms with E-state index in [4.69, 9.17) is 4.74 Å². The van der Waals surface area contributed by atoms with Gasteiger partial charge in [0.15, 0.2) is 0 Å². The number of rotatable bonds is 6. The van der Waals surface area contributed by atoms with E-state index in [1.165, 1.54) is 0 Å². The molecule has 1 unspecified atom stereocenters. The minimum absolute atomic E-state index is 0.290. The first-order chi connectivity index (χ1) is 8.79. The van der Waals surface area contributed by atoms with E-state index in [1.807, 2.05) is 31.2 Å². The molecule has 2 rings (SSSR count). The Morgan fingerprint density at radius 1 is 1.22 bits per heavy atom. The van der Waals surface area contributed by atoms with Crippen LogP contribution in [0.5, 0.6) is 0 Å². The molecule has 0 aliphatic carbocycles. The van der Waals surface area contributed by atoms with Gasteiger partial charge in [0.05, 0.1) is 24.7 Å². The second kappa shape index (κ2) is 6.16. The highest BCUT2D eigenvalue weighted by molar-refractivity contribution is 5.48. The van der Waals surface area contributed by atoms with Crippen molar-refractivity contribution in [2.24, 2.45) is 0 Å². The lowest BCUT2D eigenvalue weighted by Crippen LogP contribution is -2.21. The molecule has 96 valence electrons. The molecule has 18 heavy (non-hydrogen) atoms. The molecule has 2 aromatic rings. The van der Waals surface area contributed by atoms with Crippen molar-refractivity contribution in [1.29, 1.82) is 0 Å². The van der Waals surface area contributed by atoms with E-state index in [1.54, 1.807) is 17.2 Å². The molecule has 1 heterocycles. The Kier molecular flexibility index (Phi) is 4.30. The summed E-state index contributed by atoms with van der Waals surface area (Å²) in [5.74, 6) is 0. The number of hydrogen-bond donors (Lipinski definition) is 1. The maximum atomic E-state index is 5.36. The third-order valence-electron chi connectivity index (χ3n) is 2.50. The van der Waals surface area contributed by atoms with Crippen LogP contribution < -0.4 is 5.32 Å². The fourth-order valence-electron chi connectivity index (χ4n) is 1.66. The average molecular weight is 246 g/mol. The second-order valence-corrected chi connectivity index (χ2v) is 4.07. The van der Waals surface area contributed by atoms with Gasteiger partial charge in [-0.15, -0.1) is 0 Å². The highest BCUT2D eigenvalue weighted by atomic mass is 16.5. The first-order valence-electron chi connectivity index (χ1n) is 6.10. The summed E-state index contributed by atoms with van der Waals surface area (Å²) in [6.45, 7) is 5.55. The maximum Gasteiger partial charge on any atom is 0.0858 e. The number of nitrogens with zero attached hydrogens (tertiary/aromatic N) is 3. The largest absolute Gasteiger partial charge is 0.380 e. The van der Waals surface area contributed by atoms with Gasteiger partial charge >= 0.3 is 0 Å². The van der Waals surface area contributed by atoms with Gasteiger partial charge in [0.1, 0.15) is 0 Å². The van der Waals surface area contributed by atoms with Crippen molar-refractivity contribution in [3.8, 4) is 5.69 Å². The Hall–Kier alpha value is -1.88. The molecule has 0 amide bonds. The lowest BCUT2D eigenvalue weighted by Gasteiger charge is -2.15. The third-order valence-corrected chi connectivity index (χ3v) is 2.50. The highest BCUT2D eigenvalue weighted by Gasteiger charge is 2.02. The summed E-state index contributed by atoms with van der Waals surface area (Å²) in [4.78, 5) is 1.59. The molecule has 0 aliphatic rings. The van der Waals surface area contributed by atoms with E-state index in [2.05, 4.69) is 22.4 Å². The summed E-state index contributed by atoms with van der Waals surface area (Å²) in [5, 5.41) is 11.5. The Bertz CT molecular complexity index is 452. The molecule has 0 spiro atoms. The first-order valence-corrected chi connectivity index (χ1v) is 6.10. The van der Waals surface area contributed by atoms with Gasteiger partial charge in [-0.2, -0.15) is 15.0 Å². The van der Waals surface area contributed by atoms with Crippen molar-refractivity contribution in [2.75, 3.05) is 18.5 Å². The zero-order chi connectivity index (χ0) is 12.8. The van der Waals surface area contributed by atoms with Crippen LogP contribution >= 0.6 is 0 Å². The summed E-state index contributed by atoms with van der Waals surface area (Å²) in [5.41, 5.74) is 2.01. The van der Waals surface area contributed by atoms with Gasteiger partial charge in [0, 0.05) is 18.3 Å². The standard InChI is InChI=1S/C13H18N4O/c1-3-18-10-11(2)16-12-4-6-13(7-5-12)17-14-8-9-15-17/h4-9,11,16H,3,10H2,1-2H3. The van der Waals surface area contributed by atoms with E-state index < -0.39 is 0 Å². The van der Waals surface area contributed by atoms with Crippen LogP contribution in [0.25, 0.3) is 5.69 Å². The quantitative estimate of drug-likeness (QED) is 0.848. The second-order valence-electron chi connectivity index (χ2n) is 4.07. The lowest BCUT2D eigenvalue weighted by molar-refractivity contribution is 0.141. The summed E-state index contributed by atoms with van der Waals surface area (Å²) in [6, 6.07) is 8.28. The number of anilines is 1. The van der Waals surface area contributed by atoms with Crippen LogP contribution in [0.2, 0.25) is 0 Å². The van der Waals surface area contributed by atoms with Gasteiger partial charge in [-0.3, -0.25) is 0 Å². The summed E-state index contributed by atoms with van der Waals surface area (Å²) >= 11 is 0. The zero-order valence-corrected chi connectivity index (χ0v) is 10.7. The monoisotopic (exact) mass is 246 g/mol. The molecule has 5 heteroatoms. The third kappa shape index (κ3) is 3.30. The van der Waals surface area contributed by atoms with Crippen LogP contribution in [0.3, 0.4) is 0 Å². The number of ether oxygens (including phenoxy) is 1. The van der Waals surface area contributed by atoms with Crippen LogP contribution in [-0.2, 0) is 4.74 Å². The van der Waals surface area contributed by atoms with Crippen molar-refractivity contribution in [3.63, 3.8) is 0 Å². The van der Waals surface area contributed by atoms with Gasteiger partial charge in [-0.05, 0) is 38.1 Å². The minimum Gasteiger partial charge on any atom is -0.380 e. The Morgan fingerprint density at radius 3 is 2.50 bits per heavy atom. The SMILES string of the molecule is CCOCC(C)Nc1ccc(-n2nccn2)cc1. The molecule has 1 N–H and O–H groups in total. The molecule has 0 saturated carbocycles. The van der Waals surface area contributed by atoms with Gasteiger partial charge in [0.25, 0.3) is 0 Å². The number of hydrogen-bond acceptors (Lipinski definition) is 4. The predicted molar refractivity (Wildman–Crippen MR) is 70.9 cm³/mol. The molecular weight excluding hydrogens is 228 g/mol. The fourth-order valence-corrected chi connectivity index (χ4v) is 1.66. The summed E-state index contributed by atoms with van der Waals surface area (Å²) in [6.07, 6.45) is 3.33. The van der Waals surface area contributed by atoms with Crippen molar-refractivity contribution in [1.82, 2.24) is 15.0 Å². The van der Waals surface area contributed by atoms with E-state index in [9.17, 15) is 0 Å². The molecular formula is C13H18N4O. The molecule has 0 bridgehead atoms. The molecule has 0 aliphatic heterocycles. The number of aromatic nitrogens is 3. The summed E-state index contributed by atoms with van der Waals surface area (Å²) < 4.78 is 5.36. The Morgan fingerprint density at radius 2 is 1.89 bits per heavy atom. The highest BCUT2D eigenvalue weighted by Crippen LogP contribution is 2.12. The molecule has 1 aromatic carbocycles. The van der Waals surface area contributed by atoms with Crippen LogP contribution in [0.4, 0.5) is 5.69 Å². The fraction of sp³-hybridized carbons (Fsp3) is 0.385. The van der Waals surface area contributed by atoms with Gasteiger partial charge in [-0.1, -0.05) is 0 Å². The van der Waals surface area contributed by atoms with Crippen molar-refractivity contribution >= 4 is 5.69 Å². The summed E-state index contributed by atoms with van der Waals surface area (Å²) in [7, 11) is 0. The maximum absolute atomic E-state index is 5.36. The van der Waals surface area contributed by atoms with Crippen LogP contribution in [0.1, 0.15) is 13.8 Å². The Labute approximate surface area is 107 Å². The lowest BCUT2D eigenvalue weighted by atomic mass is 10.2.